The Balaban J connectivity index is 1.94. The van der Waals surface area contributed by atoms with Crippen LogP contribution in [-0.2, 0) is 9.53 Å². The lowest BCUT2D eigenvalue weighted by atomic mass is 10.1. The molecule has 0 aromatic heterocycles. The van der Waals surface area contributed by atoms with Gasteiger partial charge in [0.2, 0.25) is 5.91 Å². The summed E-state index contributed by atoms with van der Waals surface area (Å²) in [5.41, 5.74) is 1.41. The number of anilines is 1. The SMILES string of the molecule is CCOC(=O)c1ccc(NC(=O)/C=C/C(=O)c2ccc(Br)cc2)cc1. The fraction of sp³-hybridized carbons (Fsp3) is 0.105. The molecule has 0 aliphatic rings. The monoisotopic (exact) mass is 401 g/mol. The van der Waals surface area contributed by atoms with E-state index in [4.69, 9.17) is 4.74 Å². The number of ketones is 1. The minimum absolute atomic E-state index is 0.264. The van der Waals surface area contributed by atoms with Crippen LogP contribution in [0.5, 0.6) is 0 Å². The molecule has 2 aromatic rings. The molecule has 0 atom stereocenters. The van der Waals surface area contributed by atoms with Gasteiger partial charge in [-0.25, -0.2) is 4.79 Å². The number of benzene rings is 2. The average Bonchev–Trinajstić information content (AvgIpc) is 2.61. The summed E-state index contributed by atoms with van der Waals surface area (Å²) in [4.78, 5) is 35.4. The molecule has 2 aromatic carbocycles. The highest BCUT2D eigenvalue weighted by Gasteiger charge is 2.07. The maximum absolute atomic E-state index is 12.0. The molecule has 2 rings (SSSR count). The molecule has 1 N–H and O–H groups in total. The summed E-state index contributed by atoms with van der Waals surface area (Å²) in [6.45, 7) is 2.03. The van der Waals surface area contributed by atoms with Crippen molar-refractivity contribution < 1.29 is 19.1 Å². The largest absolute Gasteiger partial charge is 0.462 e. The van der Waals surface area contributed by atoms with Crippen molar-refractivity contribution in [1.29, 1.82) is 0 Å². The fourth-order valence-corrected chi connectivity index (χ4v) is 2.21. The molecule has 0 saturated carbocycles. The number of allylic oxidation sites excluding steroid dienone is 1. The van der Waals surface area contributed by atoms with Gasteiger partial charge in [-0.15, -0.1) is 0 Å². The van der Waals surface area contributed by atoms with Gasteiger partial charge in [0.05, 0.1) is 12.2 Å². The first kappa shape index (κ1) is 18.6. The third kappa shape index (κ3) is 5.69. The van der Waals surface area contributed by atoms with Crippen LogP contribution in [0.25, 0.3) is 0 Å². The summed E-state index contributed by atoms with van der Waals surface area (Å²) in [5.74, 6) is -1.12. The van der Waals surface area contributed by atoms with Crippen LogP contribution in [0.3, 0.4) is 0 Å². The summed E-state index contributed by atoms with van der Waals surface area (Å²) in [5, 5.41) is 2.62. The Morgan fingerprint density at radius 1 is 0.960 bits per heavy atom. The summed E-state index contributed by atoms with van der Waals surface area (Å²) >= 11 is 3.29. The molecule has 0 aliphatic carbocycles. The Morgan fingerprint density at radius 3 is 2.16 bits per heavy atom. The number of esters is 1. The number of halogens is 1. The van der Waals surface area contributed by atoms with Crippen molar-refractivity contribution in [3.63, 3.8) is 0 Å². The van der Waals surface area contributed by atoms with Crippen molar-refractivity contribution in [3.8, 4) is 0 Å². The number of amides is 1. The van der Waals surface area contributed by atoms with Gasteiger partial charge >= 0.3 is 5.97 Å². The standard InChI is InChI=1S/C19H16BrNO4/c1-2-25-19(24)14-5-9-16(10-6-14)21-18(23)12-11-17(22)13-3-7-15(20)8-4-13/h3-12H,2H2,1H3,(H,21,23)/b12-11+. The third-order valence-electron chi connectivity index (χ3n) is 3.18. The number of hydrogen-bond acceptors (Lipinski definition) is 4. The highest BCUT2D eigenvalue weighted by molar-refractivity contribution is 9.10. The summed E-state index contributed by atoms with van der Waals surface area (Å²) < 4.78 is 5.76. The molecule has 0 saturated heterocycles. The van der Waals surface area contributed by atoms with E-state index in [1.165, 1.54) is 12.2 Å². The van der Waals surface area contributed by atoms with Gasteiger partial charge < -0.3 is 10.1 Å². The van der Waals surface area contributed by atoms with Crippen LogP contribution in [0.1, 0.15) is 27.6 Å². The van der Waals surface area contributed by atoms with Crippen LogP contribution in [0.15, 0.2) is 65.2 Å². The van der Waals surface area contributed by atoms with Gasteiger partial charge in [-0.05, 0) is 61.5 Å². The van der Waals surface area contributed by atoms with Crippen molar-refractivity contribution in [3.05, 3.63) is 76.3 Å². The van der Waals surface area contributed by atoms with Crippen molar-refractivity contribution in [2.75, 3.05) is 11.9 Å². The Bertz CT molecular complexity index is 795. The van der Waals surface area contributed by atoms with Gasteiger partial charge in [0, 0.05) is 21.8 Å². The zero-order valence-electron chi connectivity index (χ0n) is 13.5. The minimum Gasteiger partial charge on any atom is -0.462 e. The zero-order chi connectivity index (χ0) is 18.2. The topological polar surface area (TPSA) is 72.5 Å². The molecule has 0 spiro atoms. The molecule has 0 heterocycles. The molecule has 0 unspecified atom stereocenters. The number of rotatable bonds is 6. The number of hydrogen-bond donors (Lipinski definition) is 1. The van der Waals surface area contributed by atoms with Crippen molar-refractivity contribution in [2.24, 2.45) is 0 Å². The molecular formula is C19H16BrNO4. The smallest absolute Gasteiger partial charge is 0.338 e. The number of carbonyl (C=O) groups excluding carboxylic acids is 3. The van der Waals surface area contributed by atoms with Crippen LogP contribution in [0.4, 0.5) is 5.69 Å². The first-order chi connectivity index (χ1) is 12.0. The van der Waals surface area contributed by atoms with Gasteiger partial charge in [0.25, 0.3) is 0 Å². The van der Waals surface area contributed by atoms with Gasteiger partial charge in [0.15, 0.2) is 5.78 Å². The molecule has 0 radical (unpaired) electrons. The maximum atomic E-state index is 12.0. The molecule has 0 fully saturated rings. The van der Waals surface area contributed by atoms with E-state index >= 15 is 0 Å². The molecule has 1 amide bonds. The van der Waals surface area contributed by atoms with Gasteiger partial charge in [-0.1, -0.05) is 15.9 Å². The second-order valence-electron chi connectivity index (χ2n) is 4.99. The van der Waals surface area contributed by atoms with E-state index in [2.05, 4.69) is 21.2 Å². The normalized spacial score (nSPS) is 10.5. The van der Waals surface area contributed by atoms with Crippen molar-refractivity contribution in [2.45, 2.75) is 6.92 Å². The van der Waals surface area contributed by atoms with E-state index in [1.54, 1.807) is 55.5 Å². The number of ether oxygens (including phenoxy) is 1. The van der Waals surface area contributed by atoms with Crippen LogP contribution in [0.2, 0.25) is 0 Å². The van der Waals surface area contributed by atoms with E-state index in [-0.39, 0.29) is 5.78 Å². The highest BCUT2D eigenvalue weighted by Crippen LogP contribution is 2.12. The quantitative estimate of drug-likeness (QED) is 0.450. The molecule has 25 heavy (non-hydrogen) atoms. The average molecular weight is 402 g/mol. The Kier molecular flexibility index (Phi) is 6.65. The maximum Gasteiger partial charge on any atom is 0.338 e. The van der Waals surface area contributed by atoms with Crippen LogP contribution >= 0.6 is 15.9 Å². The molecule has 128 valence electrons. The van der Waals surface area contributed by atoms with E-state index in [9.17, 15) is 14.4 Å². The van der Waals surface area contributed by atoms with Crippen molar-refractivity contribution >= 4 is 39.3 Å². The predicted molar refractivity (Wildman–Crippen MR) is 98.6 cm³/mol. The lowest BCUT2D eigenvalue weighted by molar-refractivity contribution is -0.111. The van der Waals surface area contributed by atoms with Gasteiger partial charge in [-0.3, -0.25) is 9.59 Å². The first-order valence-corrected chi connectivity index (χ1v) is 8.35. The summed E-state index contributed by atoms with van der Waals surface area (Å²) in [6, 6.07) is 13.2. The first-order valence-electron chi connectivity index (χ1n) is 7.55. The molecule has 0 aliphatic heterocycles. The highest BCUT2D eigenvalue weighted by atomic mass is 79.9. The second-order valence-corrected chi connectivity index (χ2v) is 5.91. The Morgan fingerprint density at radius 2 is 1.56 bits per heavy atom. The van der Waals surface area contributed by atoms with Gasteiger partial charge in [-0.2, -0.15) is 0 Å². The zero-order valence-corrected chi connectivity index (χ0v) is 15.1. The predicted octanol–water partition coefficient (Wildman–Crippen LogP) is 4.00. The third-order valence-corrected chi connectivity index (χ3v) is 3.71. The lowest BCUT2D eigenvalue weighted by Crippen LogP contribution is -2.09. The second kappa shape index (κ2) is 8.94. The van der Waals surface area contributed by atoms with E-state index in [1.807, 2.05) is 0 Å². The van der Waals surface area contributed by atoms with E-state index < -0.39 is 11.9 Å². The number of carbonyl (C=O) groups is 3. The lowest BCUT2D eigenvalue weighted by Gasteiger charge is -2.04. The summed E-state index contributed by atoms with van der Waals surface area (Å²) in [7, 11) is 0. The molecule has 0 bridgehead atoms. The number of nitrogens with one attached hydrogen (secondary N) is 1. The van der Waals surface area contributed by atoms with Crippen LogP contribution in [-0.4, -0.2) is 24.3 Å². The van der Waals surface area contributed by atoms with E-state index in [0.29, 0.717) is 23.4 Å². The molecule has 5 nitrogen and oxygen atoms in total. The minimum atomic E-state index is -0.436. The Labute approximate surface area is 153 Å². The summed E-state index contributed by atoms with van der Waals surface area (Å²) in [6.07, 6.45) is 2.38. The van der Waals surface area contributed by atoms with E-state index in [0.717, 1.165) is 4.47 Å². The Hall–Kier alpha value is -2.73. The van der Waals surface area contributed by atoms with Gasteiger partial charge in [0.1, 0.15) is 0 Å². The molecular weight excluding hydrogens is 386 g/mol. The van der Waals surface area contributed by atoms with Crippen molar-refractivity contribution in [1.82, 2.24) is 0 Å². The fourth-order valence-electron chi connectivity index (χ4n) is 1.95. The molecule has 6 heteroatoms. The van der Waals surface area contributed by atoms with Crippen LogP contribution < -0.4 is 5.32 Å². The van der Waals surface area contributed by atoms with Crippen LogP contribution in [0, 0.1) is 0 Å².